The highest BCUT2D eigenvalue weighted by Gasteiger charge is 2.13. The van der Waals surface area contributed by atoms with Crippen LogP contribution in [0.4, 0.5) is 0 Å². The summed E-state index contributed by atoms with van der Waals surface area (Å²) < 4.78 is 10.3. The summed E-state index contributed by atoms with van der Waals surface area (Å²) in [4.78, 5) is 11.4. The zero-order valence-corrected chi connectivity index (χ0v) is 13.3. The second kappa shape index (κ2) is 8.47. The number of esters is 1. The maximum absolute atomic E-state index is 11.4. The van der Waals surface area contributed by atoms with Gasteiger partial charge >= 0.3 is 5.97 Å². The van der Waals surface area contributed by atoms with E-state index in [0.29, 0.717) is 0 Å². The average Bonchev–Trinajstić information content (AvgIpc) is 2.41. The van der Waals surface area contributed by atoms with Crippen molar-refractivity contribution in [3.05, 3.63) is 42.0 Å². The molecule has 1 aromatic carbocycles. The Morgan fingerprint density at radius 1 is 1.24 bits per heavy atom. The van der Waals surface area contributed by atoms with Gasteiger partial charge in [-0.3, -0.25) is 0 Å². The third kappa shape index (κ3) is 8.15. The first kappa shape index (κ1) is 17.2. The summed E-state index contributed by atoms with van der Waals surface area (Å²) in [6.45, 7) is 7.18. The summed E-state index contributed by atoms with van der Waals surface area (Å²) in [5.74, 6) is 0.566. The SMILES string of the molecule is COc1ccc(CNCC/C=C/C(=O)OC(C)(C)C)cc1. The van der Waals surface area contributed by atoms with E-state index in [1.54, 1.807) is 7.11 Å². The van der Waals surface area contributed by atoms with Crippen LogP contribution in [0.15, 0.2) is 36.4 Å². The first-order chi connectivity index (χ1) is 9.90. The standard InChI is InChI=1S/C17H25NO3/c1-17(2,3)21-16(19)7-5-6-12-18-13-14-8-10-15(20-4)11-9-14/h5,7-11,18H,6,12-13H2,1-4H3/b7-5+. The van der Waals surface area contributed by atoms with Gasteiger partial charge in [-0.2, -0.15) is 0 Å². The number of carbonyl (C=O) groups is 1. The van der Waals surface area contributed by atoms with E-state index in [1.807, 2.05) is 51.1 Å². The van der Waals surface area contributed by atoms with Gasteiger partial charge in [0.1, 0.15) is 11.4 Å². The molecule has 0 aliphatic rings. The van der Waals surface area contributed by atoms with E-state index in [0.717, 1.165) is 25.3 Å². The molecule has 0 fully saturated rings. The Morgan fingerprint density at radius 3 is 2.48 bits per heavy atom. The Balaban J connectivity index is 2.17. The third-order valence-corrected chi connectivity index (χ3v) is 2.64. The highest BCUT2D eigenvalue weighted by molar-refractivity contribution is 5.82. The first-order valence-corrected chi connectivity index (χ1v) is 7.14. The van der Waals surface area contributed by atoms with Crippen LogP contribution in [0.2, 0.25) is 0 Å². The molecule has 1 aromatic rings. The molecule has 4 nitrogen and oxygen atoms in total. The Labute approximate surface area is 127 Å². The van der Waals surface area contributed by atoms with Crippen LogP contribution in [0.25, 0.3) is 0 Å². The summed E-state index contributed by atoms with van der Waals surface area (Å²) in [6, 6.07) is 7.95. The number of ether oxygens (including phenoxy) is 2. The number of hydrogen-bond donors (Lipinski definition) is 1. The van der Waals surface area contributed by atoms with Crippen molar-refractivity contribution in [2.45, 2.75) is 39.3 Å². The van der Waals surface area contributed by atoms with Crippen LogP contribution >= 0.6 is 0 Å². The van der Waals surface area contributed by atoms with Crippen LogP contribution < -0.4 is 10.1 Å². The molecule has 0 radical (unpaired) electrons. The minimum Gasteiger partial charge on any atom is -0.497 e. The van der Waals surface area contributed by atoms with Gasteiger partial charge in [0.2, 0.25) is 0 Å². The molecule has 0 saturated heterocycles. The maximum Gasteiger partial charge on any atom is 0.330 e. The van der Waals surface area contributed by atoms with E-state index in [2.05, 4.69) is 5.32 Å². The Bertz CT molecular complexity index is 458. The predicted molar refractivity (Wildman–Crippen MR) is 84.3 cm³/mol. The lowest BCUT2D eigenvalue weighted by Gasteiger charge is -2.17. The van der Waals surface area contributed by atoms with Crippen molar-refractivity contribution >= 4 is 5.97 Å². The number of nitrogens with one attached hydrogen (secondary N) is 1. The average molecular weight is 291 g/mol. The number of hydrogen-bond acceptors (Lipinski definition) is 4. The molecule has 116 valence electrons. The van der Waals surface area contributed by atoms with Crippen LogP contribution in [0.1, 0.15) is 32.8 Å². The van der Waals surface area contributed by atoms with Crippen LogP contribution in [-0.2, 0) is 16.1 Å². The highest BCUT2D eigenvalue weighted by Crippen LogP contribution is 2.11. The molecule has 0 unspecified atom stereocenters. The lowest BCUT2D eigenvalue weighted by Crippen LogP contribution is -2.22. The van der Waals surface area contributed by atoms with Gasteiger partial charge in [-0.05, 0) is 51.4 Å². The molecule has 0 bridgehead atoms. The fourth-order valence-electron chi connectivity index (χ4n) is 1.68. The molecule has 0 atom stereocenters. The van der Waals surface area contributed by atoms with Crippen molar-refractivity contribution in [1.29, 1.82) is 0 Å². The summed E-state index contributed by atoms with van der Waals surface area (Å²) >= 11 is 0. The van der Waals surface area contributed by atoms with E-state index >= 15 is 0 Å². The van der Waals surface area contributed by atoms with Gasteiger partial charge < -0.3 is 14.8 Å². The molecule has 1 rings (SSSR count). The molecular formula is C17H25NO3. The largest absolute Gasteiger partial charge is 0.497 e. The van der Waals surface area contributed by atoms with E-state index in [4.69, 9.17) is 9.47 Å². The van der Waals surface area contributed by atoms with E-state index < -0.39 is 5.60 Å². The Kier molecular flexibility index (Phi) is 6.96. The highest BCUT2D eigenvalue weighted by atomic mass is 16.6. The minimum atomic E-state index is -0.436. The number of rotatable bonds is 7. The third-order valence-electron chi connectivity index (χ3n) is 2.64. The molecule has 0 aliphatic carbocycles. The van der Waals surface area contributed by atoms with Crippen molar-refractivity contribution in [2.75, 3.05) is 13.7 Å². The normalized spacial score (nSPS) is 11.6. The molecule has 21 heavy (non-hydrogen) atoms. The van der Waals surface area contributed by atoms with Gasteiger partial charge in [0, 0.05) is 12.6 Å². The molecule has 0 aromatic heterocycles. The molecule has 0 aliphatic heterocycles. The van der Waals surface area contributed by atoms with Gasteiger partial charge in [-0.15, -0.1) is 0 Å². The lowest BCUT2D eigenvalue weighted by molar-refractivity contribution is -0.148. The maximum atomic E-state index is 11.4. The van der Waals surface area contributed by atoms with Crippen LogP contribution in [0, 0.1) is 0 Å². The lowest BCUT2D eigenvalue weighted by atomic mass is 10.2. The van der Waals surface area contributed by atoms with Crippen molar-refractivity contribution in [3.63, 3.8) is 0 Å². The van der Waals surface area contributed by atoms with Crippen LogP contribution in [-0.4, -0.2) is 25.2 Å². The van der Waals surface area contributed by atoms with E-state index in [-0.39, 0.29) is 5.97 Å². The fourth-order valence-corrected chi connectivity index (χ4v) is 1.68. The summed E-state index contributed by atoms with van der Waals surface area (Å²) in [5, 5.41) is 3.32. The number of methoxy groups -OCH3 is 1. The predicted octanol–water partition coefficient (Wildman–Crippen LogP) is 3.07. The molecule has 0 amide bonds. The fraction of sp³-hybridized carbons (Fsp3) is 0.471. The van der Waals surface area contributed by atoms with Crippen LogP contribution in [0.3, 0.4) is 0 Å². The van der Waals surface area contributed by atoms with Gasteiger partial charge in [0.25, 0.3) is 0 Å². The summed E-state index contributed by atoms with van der Waals surface area (Å²) in [7, 11) is 1.66. The van der Waals surface area contributed by atoms with Gasteiger partial charge in [0.15, 0.2) is 0 Å². The minimum absolute atomic E-state index is 0.294. The van der Waals surface area contributed by atoms with Gasteiger partial charge in [-0.1, -0.05) is 18.2 Å². The quantitative estimate of drug-likeness (QED) is 0.476. The smallest absolute Gasteiger partial charge is 0.330 e. The number of benzene rings is 1. The van der Waals surface area contributed by atoms with Gasteiger partial charge in [-0.25, -0.2) is 4.79 Å². The zero-order valence-electron chi connectivity index (χ0n) is 13.3. The molecular weight excluding hydrogens is 266 g/mol. The number of carbonyl (C=O) groups excluding carboxylic acids is 1. The summed E-state index contributed by atoms with van der Waals surface area (Å²) in [5.41, 5.74) is 0.764. The monoisotopic (exact) mass is 291 g/mol. The molecule has 1 N–H and O–H groups in total. The first-order valence-electron chi connectivity index (χ1n) is 7.14. The van der Waals surface area contributed by atoms with E-state index in [9.17, 15) is 4.79 Å². The molecule has 0 spiro atoms. The second-order valence-corrected chi connectivity index (χ2v) is 5.75. The van der Waals surface area contributed by atoms with Crippen molar-refractivity contribution < 1.29 is 14.3 Å². The van der Waals surface area contributed by atoms with Crippen molar-refractivity contribution in [3.8, 4) is 5.75 Å². The Morgan fingerprint density at radius 2 is 1.90 bits per heavy atom. The zero-order chi connectivity index (χ0) is 15.7. The molecule has 0 heterocycles. The van der Waals surface area contributed by atoms with Crippen LogP contribution in [0.5, 0.6) is 5.75 Å². The van der Waals surface area contributed by atoms with Crippen molar-refractivity contribution in [1.82, 2.24) is 5.32 Å². The Hall–Kier alpha value is -1.81. The van der Waals surface area contributed by atoms with Crippen molar-refractivity contribution in [2.24, 2.45) is 0 Å². The second-order valence-electron chi connectivity index (χ2n) is 5.75. The topological polar surface area (TPSA) is 47.6 Å². The van der Waals surface area contributed by atoms with Gasteiger partial charge in [0.05, 0.1) is 7.11 Å². The molecule has 0 saturated carbocycles. The molecule has 4 heteroatoms. The van der Waals surface area contributed by atoms with E-state index in [1.165, 1.54) is 11.6 Å². The summed E-state index contributed by atoms with van der Waals surface area (Å²) in [6.07, 6.45) is 4.10.